The van der Waals surface area contributed by atoms with Gasteiger partial charge in [-0.3, -0.25) is 0 Å². The highest BCUT2D eigenvalue weighted by molar-refractivity contribution is 6.03. The summed E-state index contributed by atoms with van der Waals surface area (Å²) in [6.07, 6.45) is 11.1. The Hall–Kier alpha value is -9.12. The van der Waals surface area contributed by atoms with Crippen LogP contribution in [0.2, 0.25) is 0 Å². The van der Waals surface area contributed by atoms with E-state index in [1.54, 1.807) is 0 Å². The first-order valence-electron chi connectivity index (χ1n) is 25.6. The predicted octanol–water partition coefficient (Wildman–Crippen LogP) is 19.6. The lowest BCUT2D eigenvalue weighted by Gasteiger charge is -2.40. The normalized spacial score (nSPS) is 13.9. The standard InChI is InChI=1S/C69H54N4/c1-3-69(4-2)59-47-51(33-31-49-35-41-55(42-36-49)72-65-27-15-11-23-61(65)70(53-19-7-5-8-20-53)62-24-12-16-28-66(62)72)39-45-57(59)58-46-40-52(48-60(58)69)34-32-50-37-43-56(44-38-50)73-67-29-17-13-25-63(67)71(54-21-9-6-10-22-54)64-26-14-18-30-68(64)73/h5-48H,3-4H2,1-2H3/b33-31+,34-32+. The lowest BCUT2D eigenvalue weighted by Crippen LogP contribution is -2.23. The Kier molecular flexibility index (Phi) is 11.0. The van der Waals surface area contributed by atoms with Crippen LogP contribution in [-0.2, 0) is 5.41 Å². The van der Waals surface area contributed by atoms with Gasteiger partial charge in [0.05, 0.1) is 45.5 Å². The van der Waals surface area contributed by atoms with Gasteiger partial charge in [0.25, 0.3) is 0 Å². The van der Waals surface area contributed by atoms with E-state index in [0.717, 1.165) is 92.2 Å². The molecule has 2 heterocycles. The predicted molar refractivity (Wildman–Crippen MR) is 310 cm³/mol. The molecule has 73 heavy (non-hydrogen) atoms. The summed E-state index contributed by atoms with van der Waals surface area (Å²) < 4.78 is 0. The summed E-state index contributed by atoms with van der Waals surface area (Å²) in [5, 5.41) is 0. The highest BCUT2D eigenvalue weighted by Gasteiger charge is 2.41. The Bertz CT molecular complexity index is 3380. The fourth-order valence-corrected chi connectivity index (χ4v) is 11.8. The number of hydrogen-bond acceptors (Lipinski definition) is 4. The van der Waals surface area contributed by atoms with Crippen LogP contribution in [-0.4, -0.2) is 0 Å². The van der Waals surface area contributed by atoms with Crippen molar-refractivity contribution in [2.24, 2.45) is 0 Å². The van der Waals surface area contributed by atoms with E-state index in [1.165, 1.54) is 33.4 Å². The smallest absolute Gasteiger partial charge is 0.0703 e. The highest BCUT2D eigenvalue weighted by atomic mass is 15.3. The third-order valence-electron chi connectivity index (χ3n) is 15.3. The molecule has 0 fully saturated rings. The molecule has 2 aliphatic heterocycles. The van der Waals surface area contributed by atoms with Gasteiger partial charge in [0.15, 0.2) is 0 Å². The molecule has 350 valence electrons. The van der Waals surface area contributed by atoms with Crippen molar-refractivity contribution in [3.63, 3.8) is 0 Å². The monoisotopic (exact) mass is 938 g/mol. The maximum atomic E-state index is 2.45. The van der Waals surface area contributed by atoms with E-state index >= 15 is 0 Å². The Morgan fingerprint density at radius 2 is 0.521 bits per heavy atom. The lowest BCUT2D eigenvalue weighted by atomic mass is 9.73. The van der Waals surface area contributed by atoms with Crippen LogP contribution in [0.15, 0.2) is 243 Å². The molecule has 10 aromatic carbocycles. The first-order chi connectivity index (χ1) is 36.1. The Morgan fingerprint density at radius 3 is 0.808 bits per heavy atom. The van der Waals surface area contributed by atoms with Crippen molar-refractivity contribution in [1.82, 2.24) is 0 Å². The second-order valence-electron chi connectivity index (χ2n) is 19.2. The summed E-state index contributed by atoms with van der Waals surface area (Å²) in [5.41, 5.74) is 24.1. The Labute approximate surface area is 429 Å². The summed E-state index contributed by atoms with van der Waals surface area (Å²) in [5.74, 6) is 0. The lowest BCUT2D eigenvalue weighted by molar-refractivity contribution is 0.490. The molecule has 0 aromatic heterocycles. The van der Waals surface area contributed by atoms with Crippen LogP contribution in [0, 0.1) is 0 Å². The molecule has 0 N–H and O–H groups in total. The molecule has 10 aromatic rings. The minimum absolute atomic E-state index is 0.0596. The molecular weight excluding hydrogens is 885 g/mol. The molecule has 0 saturated carbocycles. The van der Waals surface area contributed by atoms with Crippen molar-refractivity contribution in [3.05, 3.63) is 276 Å². The fraction of sp³-hybridized carbons (Fsp3) is 0.0725. The van der Waals surface area contributed by atoms with Crippen molar-refractivity contribution >= 4 is 92.6 Å². The minimum atomic E-state index is -0.0596. The zero-order valence-corrected chi connectivity index (χ0v) is 41.1. The van der Waals surface area contributed by atoms with Crippen LogP contribution in [0.25, 0.3) is 35.4 Å². The van der Waals surface area contributed by atoms with E-state index in [0.29, 0.717) is 0 Å². The van der Waals surface area contributed by atoms with Crippen LogP contribution in [0.1, 0.15) is 60.1 Å². The Balaban J connectivity index is 0.744. The molecular formula is C69H54N4. The highest BCUT2D eigenvalue weighted by Crippen LogP contribution is 2.57. The minimum Gasteiger partial charge on any atom is -0.306 e. The molecule has 0 atom stereocenters. The molecule has 4 heteroatoms. The van der Waals surface area contributed by atoms with Crippen molar-refractivity contribution < 1.29 is 0 Å². The summed E-state index contributed by atoms with van der Waals surface area (Å²) in [6, 6.07) is 88.2. The van der Waals surface area contributed by atoms with Crippen LogP contribution >= 0.6 is 0 Å². The summed E-state index contributed by atoms with van der Waals surface area (Å²) in [7, 11) is 0. The maximum absolute atomic E-state index is 2.45. The molecule has 0 radical (unpaired) electrons. The fourth-order valence-electron chi connectivity index (χ4n) is 11.8. The van der Waals surface area contributed by atoms with Gasteiger partial charge >= 0.3 is 0 Å². The van der Waals surface area contributed by atoms with Crippen molar-refractivity contribution in [3.8, 4) is 11.1 Å². The third-order valence-corrected chi connectivity index (χ3v) is 15.3. The van der Waals surface area contributed by atoms with Crippen LogP contribution in [0.3, 0.4) is 0 Å². The molecule has 3 aliphatic rings. The number of fused-ring (bicyclic) bond motifs is 7. The van der Waals surface area contributed by atoms with Crippen molar-refractivity contribution in [2.75, 3.05) is 19.6 Å². The van der Waals surface area contributed by atoms with Gasteiger partial charge in [-0.15, -0.1) is 0 Å². The maximum Gasteiger partial charge on any atom is 0.0703 e. The van der Waals surface area contributed by atoms with Crippen LogP contribution in [0.4, 0.5) is 68.2 Å². The van der Waals surface area contributed by atoms with E-state index in [-0.39, 0.29) is 5.41 Å². The first kappa shape index (κ1) is 43.9. The quantitative estimate of drug-likeness (QED) is 0.127. The zero-order valence-electron chi connectivity index (χ0n) is 41.1. The zero-order chi connectivity index (χ0) is 48.9. The van der Waals surface area contributed by atoms with Crippen molar-refractivity contribution in [2.45, 2.75) is 32.1 Å². The molecule has 0 spiro atoms. The van der Waals surface area contributed by atoms with Gasteiger partial charge < -0.3 is 19.6 Å². The van der Waals surface area contributed by atoms with Gasteiger partial charge in [-0.25, -0.2) is 0 Å². The van der Waals surface area contributed by atoms with Gasteiger partial charge in [0.2, 0.25) is 0 Å². The molecule has 0 unspecified atom stereocenters. The number of hydrogen-bond donors (Lipinski definition) is 0. The van der Waals surface area contributed by atoms with E-state index in [2.05, 4.69) is 300 Å². The third kappa shape index (κ3) is 7.45. The van der Waals surface area contributed by atoms with Crippen molar-refractivity contribution in [1.29, 1.82) is 0 Å². The number of benzene rings is 10. The summed E-state index contributed by atoms with van der Waals surface area (Å²) in [4.78, 5) is 9.50. The van der Waals surface area contributed by atoms with Gasteiger partial charge in [0, 0.05) is 28.2 Å². The van der Waals surface area contributed by atoms with Gasteiger partial charge in [-0.1, -0.05) is 184 Å². The van der Waals surface area contributed by atoms with E-state index in [1.807, 2.05) is 0 Å². The number of nitrogens with zero attached hydrogens (tertiary/aromatic N) is 4. The van der Waals surface area contributed by atoms with E-state index in [9.17, 15) is 0 Å². The largest absolute Gasteiger partial charge is 0.306 e. The second-order valence-corrected chi connectivity index (χ2v) is 19.2. The van der Waals surface area contributed by atoms with Crippen LogP contribution < -0.4 is 19.6 Å². The second kappa shape index (κ2) is 18.2. The number of rotatable bonds is 10. The summed E-state index contributed by atoms with van der Waals surface area (Å²) >= 11 is 0. The van der Waals surface area contributed by atoms with Gasteiger partial charge in [-0.05, 0) is 154 Å². The van der Waals surface area contributed by atoms with E-state index in [4.69, 9.17) is 0 Å². The van der Waals surface area contributed by atoms with Crippen LogP contribution in [0.5, 0.6) is 0 Å². The SMILES string of the molecule is CCC1(CC)c2cc(/C=C/c3ccc(N4c5ccccc5N(c5ccccc5)c5ccccc54)cc3)ccc2-c2ccc(/C=C/c3ccc(N4c5ccccc5N(c5ccccc5)c5ccccc54)cc3)cc21. The summed E-state index contributed by atoms with van der Waals surface area (Å²) in [6.45, 7) is 4.71. The molecule has 4 nitrogen and oxygen atoms in total. The first-order valence-corrected chi connectivity index (χ1v) is 25.6. The Morgan fingerprint density at radius 1 is 0.274 bits per heavy atom. The average Bonchev–Trinajstić information content (AvgIpc) is 3.73. The number of anilines is 12. The molecule has 0 bridgehead atoms. The molecule has 13 rings (SSSR count). The molecule has 0 amide bonds. The van der Waals surface area contributed by atoms with Gasteiger partial charge in [0.1, 0.15) is 0 Å². The molecule has 1 aliphatic carbocycles. The van der Waals surface area contributed by atoms with Gasteiger partial charge in [-0.2, -0.15) is 0 Å². The molecule has 0 saturated heterocycles. The average molecular weight is 939 g/mol. The van der Waals surface area contributed by atoms with E-state index < -0.39 is 0 Å². The number of para-hydroxylation sites is 10. The topological polar surface area (TPSA) is 13.0 Å².